The molecule has 3 nitrogen and oxygen atoms in total. The number of anilines is 1. The van der Waals surface area contributed by atoms with Crippen LogP contribution in [0.25, 0.3) is 0 Å². The SMILES string of the molecule is CCNCc1ccc(N2CCCCCC2CO)cc1C. The Hall–Kier alpha value is -1.06. The molecule has 1 heterocycles. The summed E-state index contributed by atoms with van der Waals surface area (Å²) in [6.07, 6.45) is 4.85. The minimum absolute atomic E-state index is 0.262. The van der Waals surface area contributed by atoms with Crippen molar-refractivity contribution in [3.05, 3.63) is 29.3 Å². The average molecular weight is 276 g/mol. The quantitative estimate of drug-likeness (QED) is 0.868. The van der Waals surface area contributed by atoms with Crippen molar-refractivity contribution >= 4 is 5.69 Å². The number of nitrogens with one attached hydrogen (secondary N) is 1. The topological polar surface area (TPSA) is 35.5 Å². The van der Waals surface area contributed by atoms with Crippen LogP contribution in [0.1, 0.15) is 43.7 Å². The maximum absolute atomic E-state index is 9.64. The minimum Gasteiger partial charge on any atom is -0.394 e. The molecular weight excluding hydrogens is 248 g/mol. The smallest absolute Gasteiger partial charge is 0.0635 e. The van der Waals surface area contributed by atoms with Gasteiger partial charge in [0.15, 0.2) is 0 Å². The number of aryl methyl sites for hydroxylation is 1. The third-order valence-corrected chi connectivity index (χ3v) is 4.31. The van der Waals surface area contributed by atoms with Gasteiger partial charge in [0.2, 0.25) is 0 Å². The number of nitrogens with zero attached hydrogens (tertiary/aromatic N) is 1. The monoisotopic (exact) mass is 276 g/mol. The molecule has 2 rings (SSSR count). The van der Waals surface area contributed by atoms with E-state index in [2.05, 4.69) is 42.3 Å². The minimum atomic E-state index is 0.262. The Labute approximate surface area is 123 Å². The number of aliphatic hydroxyl groups is 1. The van der Waals surface area contributed by atoms with Gasteiger partial charge in [0, 0.05) is 18.8 Å². The molecule has 112 valence electrons. The highest BCUT2D eigenvalue weighted by Gasteiger charge is 2.20. The number of rotatable bonds is 5. The Bertz CT molecular complexity index is 419. The first-order valence-electron chi connectivity index (χ1n) is 7.94. The van der Waals surface area contributed by atoms with E-state index in [1.165, 1.54) is 36.1 Å². The molecule has 1 atom stereocenters. The molecule has 0 radical (unpaired) electrons. The van der Waals surface area contributed by atoms with E-state index in [-0.39, 0.29) is 12.6 Å². The van der Waals surface area contributed by atoms with Crippen LogP contribution in [-0.2, 0) is 6.54 Å². The van der Waals surface area contributed by atoms with Crippen LogP contribution in [0.2, 0.25) is 0 Å². The maximum atomic E-state index is 9.64. The van der Waals surface area contributed by atoms with Crippen LogP contribution in [0.15, 0.2) is 18.2 Å². The number of benzene rings is 1. The van der Waals surface area contributed by atoms with Crippen LogP contribution in [0.5, 0.6) is 0 Å². The zero-order valence-corrected chi connectivity index (χ0v) is 12.9. The van der Waals surface area contributed by atoms with Crippen molar-refractivity contribution in [2.24, 2.45) is 0 Å². The molecule has 0 aromatic heterocycles. The van der Waals surface area contributed by atoms with Gasteiger partial charge in [-0.1, -0.05) is 25.8 Å². The van der Waals surface area contributed by atoms with Crippen molar-refractivity contribution in [3.63, 3.8) is 0 Å². The summed E-state index contributed by atoms with van der Waals surface area (Å²) in [5.41, 5.74) is 3.97. The summed E-state index contributed by atoms with van der Waals surface area (Å²) in [5.74, 6) is 0. The zero-order chi connectivity index (χ0) is 14.4. The fourth-order valence-corrected chi connectivity index (χ4v) is 3.02. The van der Waals surface area contributed by atoms with Gasteiger partial charge in [-0.2, -0.15) is 0 Å². The Morgan fingerprint density at radius 1 is 1.30 bits per heavy atom. The fraction of sp³-hybridized carbons (Fsp3) is 0.647. The highest BCUT2D eigenvalue weighted by molar-refractivity contribution is 5.52. The summed E-state index contributed by atoms with van der Waals surface area (Å²) < 4.78 is 0. The second-order valence-corrected chi connectivity index (χ2v) is 5.77. The van der Waals surface area contributed by atoms with E-state index in [0.717, 1.165) is 26.1 Å². The van der Waals surface area contributed by atoms with Crippen molar-refractivity contribution in [1.82, 2.24) is 5.32 Å². The van der Waals surface area contributed by atoms with Crippen molar-refractivity contribution in [1.29, 1.82) is 0 Å². The third-order valence-electron chi connectivity index (χ3n) is 4.31. The van der Waals surface area contributed by atoms with Gasteiger partial charge < -0.3 is 15.3 Å². The Kier molecular flexibility index (Phi) is 5.86. The van der Waals surface area contributed by atoms with Crippen LogP contribution in [-0.4, -0.2) is 30.8 Å². The summed E-state index contributed by atoms with van der Waals surface area (Å²) in [6.45, 7) is 7.58. The van der Waals surface area contributed by atoms with Gasteiger partial charge >= 0.3 is 0 Å². The van der Waals surface area contributed by atoms with Crippen molar-refractivity contribution in [2.45, 2.75) is 52.1 Å². The van der Waals surface area contributed by atoms with Crippen molar-refractivity contribution < 1.29 is 5.11 Å². The van der Waals surface area contributed by atoms with Crippen LogP contribution in [0.3, 0.4) is 0 Å². The summed E-state index contributed by atoms with van der Waals surface area (Å²) >= 11 is 0. The van der Waals surface area contributed by atoms with E-state index in [9.17, 15) is 5.11 Å². The lowest BCUT2D eigenvalue weighted by molar-refractivity contribution is 0.255. The molecule has 0 aliphatic carbocycles. The van der Waals surface area contributed by atoms with E-state index in [1.807, 2.05) is 0 Å². The van der Waals surface area contributed by atoms with E-state index < -0.39 is 0 Å². The first-order chi connectivity index (χ1) is 9.76. The fourth-order valence-electron chi connectivity index (χ4n) is 3.02. The predicted octanol–water partition coefficient (Wildman–Crippen LogP) is 2.85. The first kappa shape index (κ1) is 15.3. The molecule has 1 aromatic carbocycles. The molecular formula is C17H28N2O. The van der Waals surface area contributed by atoms with Crippen LogP contribution in [0.4, 0.5) is 5.69 Å². The van der Waals surface area contributed by atoms with Crippen LogP contribution in [0, 0.1) is 6.92 Å². The first-order valence-corrected chi connectivity index (χ1v) is 7.94. The van der Waals surface area contributed by atoms with Gasteiger partial charge in [0.25, 0.3) is 0 Å². The maximum Gasteiger partial charge on any atom is 0.0635 e. The van der Waals surface area contributed by atoms with E-state index in [1.54, 1.807) is 0 Å². The predicted molar refractivity (Wildman–Crippen MR) is 85.2 cm³/mol. The highest BCUT2D eigenvalue weighted by Crippen LogP contribution is 2.26. The molecule has 1 saturated heterocycles. The standard InChI is InChI=1S/C17H28N2O/c1-3-18-12-15-8-9-16(11-14(15)2)19-10-6-4-5-7-17(19)13-20/h8-9,11,17-18,20H,3-7,10,12-13H2,1-2H3. The van der Waals surface area contributed by atoms with Crippen LogP contribution >= 0.6 is 0 Å². The zero-order valence-electron chi connectivity index (χ0n) is 12.9. The normalized spacial score (nSPS) is 19.9. The van der Waals surface area contributed by atoms with Gasteiger partial charge in [-0.3, -0.25) is 0 Å². The van der Waals surface area contributed by atoms with Gasteiger partial charge in [0.1, 0.15) is 0 Å². The second kappa shape index (κ2) is 7.65. The van der Waals surface area contributed by atoms with Crippen molar-refractivity contribution in [2.75, 3.05) is 24.6 Å². The molecule has 0 spiro atoms. The largest absolute Gasteiger partial charge is 0.394 e. The summed E-state index contributed by atoms with van der Waals surface area (Å²) in [5, 5.41) is 13.0. The molecule has 3 heteroatoms. The Morgan fingerprint density at radius 3 is 2.85 bits per heavy atom. The van der Waals surface area contributed by atoms with E-state index in [4.69, 9.17) is 0 Å². The number of hydrogen-bond acceptors (Lipinski definition) is 3. The number of aliphatic hydroxyl groups excluding tert-OH is 1. The molecule has 1 aromatic rings. The molecule has 1 fully saturated rings. The summed E-state index contributed by atoms with van der Waals surface area (Å²) in [6, 6.07) is 7.01. The van der Waals surface area contributed by atoms with Gasteiger partial charge in [-0.05, 0) is 49.6 Å². The van der Waals surface area contributed by atoms with E-state index in [0.29, 0.717) is 0 Å². The Morgan fingerprint density at radius 2 is 2.15 bits per heavy atom. The molecule has 1 unspecified atom stereocenters. The average Bonchev–Trinajstić information content (AvgIpc) is 2.71. The summed E-state index contributed by atoms with van der Waals surface area (Å²) in [7, 11) is 0. The lowest BCUT2D eigenvalue weighted by Gasteiger charge is -2.31. The van der Waals surface area contributed by atoms with Gasteiger partial charge in [-0.15, -0.1) is 0 Å². The van der Waals surface area contributed by atoms with Gasteiger partial charge in [-0.25, -0.2) is 0 Å². The Balaban J connectivity index is 2.16. The molecule has 1 aliphatic heterocycles. The number of hydrogen-bond donors (Lipinski definition) is 2. The van der Waals surface area contributed by atoms with E-state index >= 15 is 0 Å². The lowest BCUT2D eigenvalue weighted by Crippen LogP contribution is -2.37. The van der Waals surface area contributed by atoms with Crippen molar-refractivity contribution in [3.8, 4) is 0 Å². The van der Waals surface area contributed by atoms with Gasteiger partial charge in [0.05, 0.1) is 12.6 Å². The molecule has 2 N–H and O–H groups in total. The summed E-state index contributed by atoms with van der Waals surface area (Å²) in [4.78, 5) is 2.40. The molecule has 0 saturated carbocycles. The second-order valence-electron chi connectivity index (χ2n) is 5.77. The third kappa shape index (κ3) is 3.74. The van der Waals surface area contributed by atoms with Crippen LogP contribution < -0.4 is 10.2 Å². The molecule has 20 heavy (non-hydrogen) atoms. The molecule has 0 amide bonds. The lowest BCUT2D eigenvalue weighted by atomic mass is 10.1. The molecule has 0 bridgehead atoms. The highest BCUT2D eigenvalue weighted by atomic mass is 16.3. The molecule has 1 aliphatic rings.